The smallest absolute Gasteiger partial charge is 0.221 e. The Kier molecular flexibility index (Phi) is 7.01. The van der Waals surface area contributed by atoms with Crippen molar-refractivity contribution in [2.24, 2.45) is 0 Å². The summed E-state index contributed by atoms with van der Waals surface area (Å²) in [4.78, 5) is 13.5. The van der Waals surface area contributed by atoms with E-state index in [-0.39, 0.29) is 5.91 Å². The van der Waals surface area contributed by atoms with Gasteiger partial charge in [0.25, 0.3) is 0 Å². The molecule has 6 heteroatoms. The fourth-order valence-corrected chi connectivity index (χ4v) is 3.94. The molecule has 2 aromatic rings. The summed E-state index contributed by atoms with van der Waals surface area (Å²) in [5.74, 6) is 0.797. The van der Waals surface area contributed by atoms with Crippen molar-refractivity contribution in [3.05, 3.63) is 59.7 Å². The van der Waals surface area contributed by atoms with Gasteiger partial charge in [-0.2, -0.15) is 0 Å². The van der Waals surface area contributed by atoms with E-state index in [4.69, 9.17) is 17.0 Å². The number of benzene rings is 2. The topological polar surface area (TPSA) is 54.8 Å². The number of anilines is 1. The van der Waals surface area contributed by atoms with E-state index in [1.165, 1.54) is 38.4 Å². The van der Waals surface area contributed by atoms with Crippen molar-refractivity contribution in [1.29, 1.82) is 0 Å². The molecule has 0 aromatic heterocycles. The molecular weight excluding hydrogens is 370 g/mol. The van der Waals surface area contributed by atoms with Crippen LogP contribution in [0.15, 0.2) is 48.5 Å². The van der Waals surface area contributed by atoms with Crippen molar-refractivity contribution in [2.45, 2.75) is 25.8 Å². The predicted molar refractivity (Wildman–Crippen MR) is 116 cm³/mol. The highest BCUT2D eigenvalue weighted by atomic mass is 32.1. The van der Waals surface area contributed by atoms with Crippen LogP contribution < -0.4 is 20.3 Å². The van der Waals surface area contributed by atoms with E-state index in [1.807, 2.05) is 36.4 Å². The van der Waals surface area contributed by atoms with E-state index >= 15 is 0 Å². The number of amides is 1. The maximum Gasteiger partial charge on any atom is 0.221 e. The second-order valence-corrected chi connectivity index (χ2v) is 7.57. The molecule has 3 rings (SSSR count). The molecule has 1 saturated heterocycles. The van der Waals surface area contributed by atoms with Crippen LogP contribution in [0.4, 0.5) is 5.69 Å². The first-order valence-corrected chi connectivity index (χ1v) is 10.1. The summed E-state index contributed by atoms with van der Waals surface area (Å²) in [6.07, 6.45) is 2.55. The zero-order chi connectivity index (χ0) is 19.9. The zero-order valence-electron chi connectivity index (χ0n) is 16.5. The molecule has 0 saturated carbocycles. The van der Waals surface area contributed by atoms with Gasteiger partial charge in [0, 0.05) is 36.6 Å². The highest BCUT2D eigenvalue weighted by molar-refractivity contribution is 7.80. The standard InChI is InChI=1S/C22H27N3O2S/c1-16(26)24-19-9-5-18(6-10-19)22(28)23-15-21(25-13-3-4-14-25)17-7-11-20(27-2)12-8-17/h5-12,21H,3-4,13-15H2,1-2H3,(H,23,28)(H,24,26)/p+1/t21-/m0/s1. The average molecular weight is 399 g/mol. The van der Waals surface area contributed by atoms with Crippen molar-refractivity contribution >= 4 is 28.8 Å². The second kappa shape index (κ2) is 9.66. The number of ether oxygens (including phenoxy) is 1. The Hall–Kier alpha value is -2.44. The zero-order valence-corrected chi connectivity index (χ0v) is 17.3. The molecular formula is C22H28N3O2S+. The van der Waals surface area contributed by atoms with Crippen molar-refractivity contribution < 1.29 is 14.4 Å². The average Bonchev–Trinajstić information content (AvgIpc) is 3.23. The molecule has 3 N–H and O–H groups in total. The first-order valence-electron chi connectivity index (χ1n) is 9.71. The van der Waals surface area contributed by atoms with Gasteiger partial charge in [0.1, 0.15) is 16.8 Å². The second-order valence-electron chi connectivity index (χ2n) is 7.16. The van der Waals surface area contributed by atoms with Gasteiger partial charge >= 0.3 is 0 Å². The molecule has 1 amide bonds. The van der Waals surface area contributed by atoms with Crippen LogP contribution in [-0.2, 0) is 4.79 Å². The third kappa shape index (κ3) is 5.30. The SMILES string of the molecule is COc1ccc([C@H](CNC(=S)c2ccc(NC(C)=O)cc2)[NH+]2CCCC2)cc1. The lowest BCUT2D eigenvalue weighted by Gasteiger charge is -2.26. The van der Waals surface area contributed by atoms with Crippen LogP contribution in [0.25, 0.3) is 0 Å². The van der Waals surface area contributed by atoms with Gasteiger partial charge in [-0.05, 0) is 48.5 Å². The van der Waals surface area contributed by atoms with Gasteiger partial charge in [-0.25, -0.2) is 0 Å². The molecule has 1 aliphatic heterocycles. The molecule has 1 aliphatic rings. The van der Waals surface area contributed by atoms with Crippen molar-refractivity contribution in [3.63, 3.8) is 0 Å². The van der Waals surface area contributed by atoms with Gasteiger partial charge < -0.3 is 20.3 Å². The van der Waals surface area contributed by atoms with Crippen LogP contribution in [0, 0.1) is 0 Å². The van der Waals surface area contributed by atoms with Gasteiger partial charge in [-0.15, -0.1) is 0 Å². The third-order valence-electron chi connectivity index (χ3n) is 5.19. The number of likely N-dealkylation sites (tertiary alicyclic amines) is 1. The van der Waals surface area contributed by atoms with Crippen LogP contribution in [0.3, 0.4) is 0 Å². The van der Waals surface area contributed by atoms with E-state index in [2.05, 4.69) is 22.8 Å². The van der Waals surface area contributed by atoms with Crippen molar-refractivity contribution in [1.82, 2.24) is 5.32 Å². The minimum absolute atomic E-state index is 0.0793. The van der Waals surface area contributed by atoms with Crippen LogP contribution in [-0.4, -0.2) is 37.6 Å². The molecule has 0 radical (unpaired) electrons. The van der Waals surface area contributed by atoms with E-state index in [0.717, 1.165) is 28.5 Å². The Morgan fingerprint density at radius 1 is 1.11 bits per heavy atom. The Bertz CT molecular complexity index is 800. The molecule has 148 valence electrons. The third-order valence-corrected chi connectivity index (χ3v) is 5.57. The normalized spacial score (nSPS) is 15.1. The van der Waals surface area contributed by atoms with E-state index in [0.29, 0.717) is 6.04 Å². The molecule has 0 bridgehead atoms. The fraction of sp³-hybridized carbons (Fsp3) is 0.364. The largest absolute Gasteiger partial charge is 0.497 e. The quantitative estimate of drug-likeness (QED) is 0.627. The highest BCUT2D eigenvalue weighted by Crippen LogP contribution is 2.17. The number of methoxy groups -OCH3 is 1. The number of hydrogen-bond acceptors (Lipinski definition) is 3. The fourth-order valence-electron chi connectivity index (χ4n) is 3.72. The summed E-state index contributed by atoms with van der Waals surface area (Å²) in [5, 5.41) is 6.23. The lowest BCUT2D eigenvalue weighted by Crippen LogP contribution is -3.11. The van der Waals surface area contributed by atoms with Crippen LogP contribution >= 0.6 is 12.2 Å². The first kappa shape index (κ1) is 20.3. The summed E-state index contributed by atoms with van der Waals surface area (Å²) >= 11 is 5.61. The first-order chi connectivity index (χ1) is 13.6. The van der Waals surface area contributed by atoms with Crippen molar-refractivity contribution in [2.75, 3.05) is 32.1 Å². The maximum atomic E-state index is 11.2. The summed E-state index contributed by atoms with van der Waals surface area (Å²) in [6.45, 7) is 4.67. The summed E-state index contributed by atoms with van der Waals surface area (Å²) in [6, 6.07) is 16.3. The number of hydrogen-bond donors (Lipinski definition) is 3. The Labute approximate surface area is 172 Å². The van der Waals surface area contributed by atoms with Crippen LogP contribution in [0.5, 0.6) is 5.75 Å². The van der Waals surface area contributed by atoms with E-state index in [9.17, 15) is 4.79 Å². The van der Waals surface area contributed by atoms with E-state index in [1.54, 1.807) is 12.0 Å². The monoisotopic (exact) mass is 398 g/mol. The number of carbonyl (C=O) groups excluding carboxylic acids is 1. The number of rotatable bonds is 7. The maximum absolute atomic E-state index is 11.2. The van der Waals surface area contributed by atoms with E-state index < -0.39 is 0 Å². The molecule has 1 atom stereocenters. The summed E-state index contributed by atoms with van der Waals surface area (Å²) in [7, 11) is 1.69. The highest BCUT2D eigenvalue weighted by Gasteiger charge is 2.27. The van der Waals surface area contributed by atoms with Crippen LogP contribution in [0.1, 0.15) is 36.9 Å². The molecule has 0 aliphatic carbocycles. The summed E-state index contributed by atoms with van der Waals surface area (Å²) < 4.78 is 5.29. The number of quaternary nitrogens is 1. The lowest BCUT2D eigenvalue weighted by atomic mass is 10.0. The van der Waals surface area contributed by atoms with Gasteiger partial charge in [0.2, 0.25) is 5.91 Å². The minimum Gasteiger partial charge on any atom is -0.497 e. The number of thiocarbonyl (C=S) groups is 1. The molecule has 1 heterocycles. The number of nitrogens with one attached hydrogen (secondary N) is 3. The molecule has 0 spiro atoms. The Morgan fingerprint density at radius 2 is 1.75 bits per heavy atom. The summed E-state index contributed by atoms with van der Waals surface area (Å²) in [5.41, 5.74) is 3.03. The molecule has 28 heavy (non-hydrogen) atoms. The Balaban J connectivity index is 1.66. The lowest BCUT2D eigenvalue weighted by molar-refractivity contribution is -0.918. The molecule has 0 unspecified atom stereocenters. The van der Waals surface area contributed by atoms with Gasteiger partial charge in [0.15, 0.2) is 0 Å². The Morgan fingerprint density at radius 3 is 2.32 bits per heavy atom. The van der Waals surface area contributed by atoms with Crippen LogP contribution in [0.2, 0.25) is 0 Å². The molecule has 5 nitrogen and oxygen atoms in total. The predicted octanol–water partition coefficient (Wildman–Crippen LogP) is 2.34. The van der Waals surface area contributed by atoms with Gasteiger partial charge in [-0.1, -0.05) is 12.2 Å². The van der Waals surface area contributed by atoms with Gasteiger partial charge in [-0.3, -0.25) is 4.79 Å². The number of carbonyl (C=O) groups is 1. The molecule has 1 fully saturated rings. The van der Waals surface area contributed by atoms with Crippen molar-refractivity contribution in [3.8, 4) is 5.75 Å². The minimum atomic E-state index is -0.0793. The molecule has 2 aromatic carbocycles. The van der Waals surface area contributed by atoms with Gasteiger partial charge in [0.05, 0.1) is 26.7 Å².